The van der Waals surface area contributed by atoms with Gasteiger partial charge in [-0.25, -0.2) is 5.43 Å². The van der Waals surface area contributed by atoms with E-state index in [9.17, 15) is 14.4 Å². The minimum Gasteiger partial charge on any atom is -0.322 e. The summed E-state index contributed by atoms with van der Waals surface area (Å²) in [4.78, 5) is 36.7. The Morgan fingerprint density at radius 1 is 0.867 bits per heavy atom. The Morgan fingerprint density at radius 3 is 2.30 bits per heavy atom. The Morgan fingerprint density at radius 2 is 1.57 bits per heavy atom. The van der Waals surface area contributed by atoms with E-state index in [-0.39, 0.29) is 17.5 Å². The van der Waals surface area contributed by atoms with Gasteiger partial charge in [-0.05, 0) is 77.2 Å². The zero-order valence-corrected chi connectivity index (χ0v) is 17.6. The van der Waals surface area contributed by atoms with Crippen molar-refractivity contribution >= 4 is 57.4 Å². The lowest BCUT2D eigenvalue weighted by Gasteiger charge is -2.06. The van der Waals surface area contributed by atoms with E-state index in [1.54, 1.807) is 54.6 Å². The van der Waals surface area contributed by atoms with E-state index in [4.69, 9.17) is 0 Å². The summed E-state index contributed by atoms with van der Waals surface area (Å²) < 4.78 is 0.954. The largest absolute Gasteiger partial charge is 0.322 e. The van der Waals surface area contributed by atoms with Crippen molar-refractivity contribution in [3.63, 3.8) is 0 Å². The van der Waals surface area contributed by atoms with Crippen LogP contribution in [0.25, 0.3) is 0 Å². The first-order valence-electron chi connectivity index (χ1n) is 8.97. The van der Waals surface area contributed by atoms with Crippen molar-refractivity contribution < 1.29 is 14.4 Å². The summed E-state index contributed by atoms with van der Waals surface area (Å²) in [5.41, 5.74) is 5.32. The Kier molecular flexibility index (Phi) is 5.57. The Balaban J connectivity index is 1.44. The van der Waals surface area contributed by atoms with Crippen LogP contribution in [-0.4, -0.2) is 23.4 Å². The monoisotopic (exact) mass is 510 g/mol. The smallest absolute Gasteiger partial charge is 0.276 e. The van der Waals surface area contributed by atoms with Crippen molar-refractivity contribution in [3.05, 3.63) is 93.1 Å². The predicted octanol–water partition coefficient (Wildman–Crippen LogP) is 3.63. The molecule has 0 unspecified atom stereocenters. The van der Waals surface area contributed by atoms with E-state index in [0.717, 1.165) is 3.57 Å². The minimum absolute atomic E-state index is 0.156. The molecule has 3 N–H and O–H groups in total. The summed E-state index contributed by atoms with van der Waals surface area (Å²) in [7, 11) is 0. The predicted molar refractivity (Wildman–Crippen MR) is 123 cm³/mol. The van der Waals surface area contributed by atoms with Gasteiger partial charge >= 0.3 is 0 Å². The molecule has 3 amide bonds. The maximum atomic E-state index is 12.4. The van der Waals surface area contributed by atoms with Crippen LogP contribution in [0.5, 0.6) is 0 Å². The SMILES string of the molecule is O=C1Nc2ccc(I)cc2/C1=N/NC(=O)c1ccc(NC(=O)c2ccccc2)cc1. The van der Waals surface area contributed by atoms with E-state index in [1.807, 2.05) is 18.2 Å². The fraction of sp³-hybridized carbons (Fsp3) is 0. The van der Waals surface area contributed by atoms with Crippen LogP contribution in [0.4, 0.5) is 11.4 Å². The molecule has 0 atom stereocenters. The average Bonchev–Trinajstić information content (AvgIpc) is 3.07. The van der Waals surface area contributed by atoms with Gasteiger partial charge in [0.2, 0.25) is 0 Å². The summed E-state index contributed by atoms with van der Waals surface area (Å²) in [6.07, 6.45) is 0. The lowest BCUT2D eigenvalue weighted by Crippen LogP contribution is -2.23. The maximum Gasteiger partial charge on any atom is 0.276 e. The molecule has 0 saturated carbocycles. The molecule has 0 aliphatic carbocycles. The molecule has 4 rings (SSSR count). The maximum absolute atomic E-state index is 12.4. The summed E-state index contributed by atoms with van der Waals surface area (Å²) >= 11 is 2.14. The van der Waals surface area contributed by atoms with E-state index in [0.29, 0.717) is 28.1 Å². The van der Waals surface area contributed by atoms with E-state index < -0.39 is 5.91 Å². The number of amides is 3. The number of carbonyl (C=O) groups is 3. The molecule has 8 heteroatoms. The van der Waals surface area contributed by atoms with Gasteiger partial charge in [-0.3, -0.25) is 14.4 Å². The molecule has 0 spiro atoms. The Bertz CT molecular complexity index is 1170. The first-order valence-corrected chi connectivity index (χ1v) is 10.0. The van der Waals surface area contributed by atoms with Crippen molar-refractivity contribution in [2.24, 2.45) is 5.10 Å². The third-order valence-electron chi connectivity index (χ3n) is 4.41. The molecule has 0 bridgehead atoms. The zero-order chi connectivity index (χ0) is 21.1. The van der Waals surface area contributed by atoms with Crippen LogP contribution in [0.15, 0.2) is 77.9 Å². The average molecular weight is 510 g/mol. The van der Waals surface area contributed by atoms with Gasteiger partial charge < -0.3 is 10.6 Å². The van der Waals surface area contributed by atoms with Crippen LogP contribution in [0.3, 0.4) is 0 Å². The molecule has 3 aromatic carbocycles. The number of benzene rings is 3. The molecule has 148 valence electrons. The summed E-state index contributed by atoms with van der Waals surface area (Å²) in [6.45, 7) is 0. The molecule has 0 fully saturated rings. The number of hydrazone groups is 1. The number of nitrogens with zero attached hydrogens (tertiary/aromatic N) is 1. The Labute approximate surface area is 185 Å². The second-order valence-electron chi connectivity index (χ2n) is 6.44. The Hall–Kier alpha value is -3.53. The molecule has 1 heterocycles. The number of carbonyl (C=O) groups excluding carboxylic acids is 3. The molecule has 1 aliphatic rings. The summed E-state index contributed by atoms with van der Waals surface area (Å²) in [5, 5.41) is 9.49. The number of anilines is 2. The van der Waals surface area contributed by atoms with Crippen molar-refractivity contribution in [1.29, 1.82) is 0 Å². The fourth-order valence-electron chi connectivity index (χ4n) is 2.91. The number of hydrogen-bond acceptors (Lipinski definition) is 4. The molecular formula is C22H15IN4O3. The molecule has 30 heavy (non-hydrogen) atoms. The van der Waals surface area contributed by atoms with Crippen LogP contribution in [0.1, 0.15) is 26.3 Å². The highest BCUT2D eigenvalue weighted by molar-refractivity contribution is 14.1. The molecule has 3 aromatic rings. The third kappa shape index (κ3) is 4.23. The van der Waals surface area contributed by atoms with Gasteiger partial charge in [0.05, 0.1) is 5.69 Å². The van der Waals surface area contributed by atoms with Crippen molar-refractivity contribution in [1.82, 2.24) is 5.43 Å². The van der Waals surface area contributed by atoms with Gasteiger partial charge in [-0.2, -0.15) is 5.10 Å². The normalized spacial score (nSPS) is 13.5. The number of fused-ring (bicyclic) bond motifs is 1. The van der Waals surface area contributed by atoms with Crippen LogP contribution in [0, 0.1) is 3.57 Å². The zero-order valence-electron chi connectivity index (χ0n) is 15.5. The van der Waals surface area contributed by atoms with Crippen LogP contribution in [0.2, 0.25) is 0 Å². The molecule has 0 radical (unpaired) electrons. The highest BCUT2D eigenvalue weighted by Crippen LogP contribution is 2.25. The van der Waals surface area contributed by atoms with Gasteiger partial charge in [0.1, 0.15) is 0 Å². The second kappa shape index (κ2) is 8.46. The lowest BCUT2D eigenvalue weighted by atomic mass is 10.1. The standard InChI is InChI=1S/C22H15IN4O3/c23-15-8-11-18-17(12-15)19(22(30)25-18)26-27-21(29)14-6-9-16(10-7-14)24-20(28)13-4-2-1-3-5-13/h1-12H,(H,24,28)(H,27,29)(H,25,26,30). The lowest BCUT2D eigenvalue weighted by molar-refractivity contribution is -0.110. The van der Waals surface area contributed by atoms with Gasteiger partial charge in [0.15, 0.2) is 5.71 Å². The van der Waals surface area contributed by atoms with E-state index in [2.05, 4.69) is 43.8 Å². The van der Waals surface area contributed by atoms with Crippen LogP contribution < -0.4 is 16.1 Å². The number of halogens is 1. The molecule has 0 aromatic heterocycles. The van der Waals surface area contributed by atoms with E-state index in [1.165, 1.54) is 0 Å². The molecule has 7 nitrogen and oxygen atoms in total. The number of rotatable bonds is 4. The topological polar surface area (TPSA) is 99.7 Å². The first-order chi connectivity index (χ1) is 14.5. The molecule has 1 aliphatic heterocycles. The molecular weight excluding hydrogens is 495 g/mol. The number of nitrogens with one attached hydrogen (secondary N) is 3. The van der Waals surface area contributed by atoms with Crippen molar-refractivity contribution in [2.75, 3.05) is 10.6 Å². The quantitative estimate of drug-likeness (QED) is 0.369. The third-order valence-corrected chi connectivity index (χ3v) is 5.08. The van der Waals surface area contributed by atoms with Crippen LogP contribution >= 0.6 is 22.6 Å². The molecule has 0 saturated heterocycles. The first kappa shape index (κ1) is 19.8. The second-order valence-corrected chi connectivity index (χ2v) is 7.69. The van der Waals surface area contributed by atoms with Gasteiger partial charge in [-0.15, -0.1) is 0 Å². The van der Waals surface area contributed by atoms with Gasteiger partial charge in [-0.1, -0.05) is 18.2 Å². The van der Waals surface area contributed by atoms with Crippen molar-refractivity contribution in [3.8, 4) is 0 Å². The van der Waals surface area contributed by atoms with Crippen molar-refractivity contribution in [2.45, 2.75) is 0 Å². The fourth-order valence-corrected chi connectivity index (χ4v) is 3.40. The summed E-state index contributed by atoms with van der Waals surface area (Å²) in [5.74, 6) is -1.07. The van der Waals surface area contributed by atoms with Gasteiger partial charge in [0, 0.05) is 25.9 Å². The van der Waals surface area contributed by atoms with E-state index >= 15 is 0 Å². The summed E-state index contributed by atoms with van der Waals surface area (Å²) in [6, 6.07) is 20.7. The minimum atomic E-state index is -0.463. The van der Waals surface area contributed by atoms with Crippen LogP contribution in [-0.2, 0) is 4.79 Å². The van der Waals surface area contributed by atoms with Gasteiger partial charge in [0.25, 0.3) is 17.7 Å². The highest BCUT2D eigenvalue weighted by atomic mass is 127. The highest BCUT2D eigenvalue weighted by Gasteiger charge is 2.26. The number of hydrogen-bond donors (Lipinski definition) is 3.